The van der Waals surface area contributed by atoms with Crippen molar-refractivity contribution in [1.29, 1.82) is 0 Å². The zero-order valence-electron chi connectivity index (χ0n) is 45.4. The predicted molar refractivity (Wildman–Crippen MR) is 320 cm³/mol. The van der Waals surface area contributed by atoms with Crippen LogP contribution < -0.4 is 40.2 Å². The van der Waals surface area contributed by atoms with E-state index in [-0.39, 0.29) is 0 Å². The summed E-state index contributed by atoms with van der Waals surface area (Å²) in [7, 11) is -3.25. The monoisotopic (exact) mass is 1560 g/mol. The number of hydrogen-bond donors (Lipinski definition) is 2. The molecule has 0 radical (unpaired) electrons. The fourth-order valence-electron chi connectivity index (χ4n) is 9.08. The molecule has 0 bridgehead atoms. The standard InChI is InChI=1S/2C29H38P.4BrH.4Mn.2H2O.10O/c2*1-2-3-4-5-6-7-8-9-19-26-30(27-20-13-10-14-21-27,28-22-15-11-16-23-28)29-24-17-12-18-25-29;;;;;;;;;;;;;;;;;;;;/h2*10-18,20-25H,2-9,19,26H2,1H3;4*1H;;;;;2*1H2;;;;;;;;;;/q2*+1;;;;;2*+1;2*+2;;;;;;;;;;;2*-1/p-6. The van der Waals surface area contributed by atoms with Crippen LogP contribution in [0.5, 0.6) is 0 Å². The molecule has 6 aromatic carbocycles. The summed E-state index contributed by atoms with van der Waals surface area (Å²) >= 11 is -10.1. The van der Waals surface area contributed by atoms with Crippen LogP contribution in [0.15, 0.2) is 182 Å². The van der Waals surface area contributed by atoms with Gasteiger partial charge < -0.3 is 0 Å². The molecule has 0 saturated heterocycles. The van der Waals surface area contributed by atoms with Gasteiger partial charge in [-0.15, -0.1) is 0 Å². The van der Waals surface area contributed by atoms with Crippen LogP contribution in [0, 0.1) is 0 Å². The van der Waals surface area contributed by atoms with Gasteiger partial charge in [-0.1, -0.05) is 213 Å². The first-order valence-electron chi connectivity index (χ1n) is 26.3. The van der Waals surface area contributed by atoms with Crippen LogP contribution in [0.2, 0.25) is 0 Å². The average molecular weight is 1570 g/mol. The van der Waals surface area contributed by atoms with E-state index in [1.165, 1.54) is 160 Å². The summed E-state index contributed by atoms with van der Waals surface area (Å²) < 4.78 is 106. The number of hydrogen-bond acceptors (Lipinski definition) is 10. The van der Waals surface area contributed by atoms with Gasteiger partial charge in [0.05, 0.1) is 12.3 Å². The van der Waals surface area contributed by atoms with Crippen LogP contribution in [0.3, 0.4) is 0 Å². The van der Waals surface area contributed by atoms with E-state index in [0.29, 0.717) is 0 Å². The molecule has 448 valence electrons. The Morgan fingerprint density at radius 2 is 0.425 bits per heavy atom. The van der Waals surface area contributed by atoms with Gasteiger partial charge in [0.25, 0.3) is 0 Å². The van der Waals surface area contributed by atoms with Gasteiger partial charge in [-0.3, -0.25) is 0 Å². The molecule has 0 amide bonds. The first kappa shape index (κ1) is 76.4. The Morgan fingerprint density at radius 1 is 0.300 bits per heavy atom. The quantitative estimate of drug-likeness (QED) is 0.0294. The third-order valence-corrected chi connectivity index (χ3v) is 21.4. The van der Waals surface area contributed by atoms with Gasteiger partial charge in [0.2, 0.25) is 0 Å². The molecule has 22 heteroatoms. The summed E-state index contributed by atoms with van der Waals surface area (Å²) in [6.45, 7) is 4.59. The van der Waals surface area contributed by atoms with Crippen LogP contribution in [0.25, 0.3) is 0 Å². The van der Waals surface area contributed by atoms with Crippen LogP contribution >= 0.6 is 71.0 Å². The maximum absolute atomic E-state index is 9.16. The van der Waals surface area contributed by atoms with Crippen molar-refractivity contribution in [1.82, 2.24) is 0 Å². The van der Waals surface area contributed by atoms with E-state index in [0.717, 1.165) is 0 Å². The molecule has 0 aromatic heterocycles. The van der Waals surface area contributed by atoms with Crippen LogP contribution in [0.1, 0.15) is 129 Å². The molecule has 6 aromatic rings. The number of benzene rings is 6. The van der Waals surface area contributed by atoms with Crippen LogP contribution in [0.4, 0.5) is 0 Å². The molecule has 0 atom stereocenters. The second-order valence-electron chi connectivity index (χ2n) is 18.2. The van der Waals surface area contributed by atoms with Gasteiger partial charge in [-0.2, -0.15) is 0 Å². The van der Waals surface area contributed by atoms with Gasteiger partial charge in [0.1, 0.15) is 46.4 Å². The van der Waals surface area contributed by atoms with Crippen molar-refractivity contribution in [2.24, 2.45) is 0 Å². The van der Waals surface area contributed by atoms with E-state index in [1.807, 2.05) is 56.4 Å². The minimum atomic E-state index is -4.56. The van der Waals surface area contributed by atoms with E-state index in [1.54, 1.807) is 0 Å². The zero-order valence-corrected chi connectivity index (χ0v) is 58.2. The molecule has 0 aliphatic rings. The Bertz CT molecular complexity index is 2470. The van der Waals surface area contributed by atoms with Crippen molar-refractivity contribution in [2.75, 3.05) is 12.3 Å². The van der Waals surface area contributed by atoms with Gasteiger partial charge in [-0.05, 0) is 98.5 Å². The number of rotatable bonds is 26. The van der Waals surface area contributed by atoms with Crippen molar-refractivity contribution in [3.63, 3.8) is 0 Å². The molecular formula is C58H78Br4Mn4O12P2. The summed E-state index contributed by atoms with van der Waals surface area (Å²) in [6, 6.07) is 67.8. The molecule has 0 heterocycles. The van der Waals surface area contributed by atoms with E-state index in [2.05, 4.69) is 196 Å². The molecule has 0 aliphatic heterocycles. The Labute approximate surface area is 513 Å². The first-order chi connectivity index (χ1) is 37.8. The summed E-state index contributed by atoms with van der Waals surface area (Å²) in [6.07, 6.45) is 27.4. The normalized spacial score (nSPS) is 11.5. The van der Waals surface area contributed by atoms with E-state index in [4.69, 9.17) is 47.4 Å². The molecule has 0 fully saturated rings. The van der Waals surface area contributed by atoms with Gasteiger partial charge in [0.15, 0.2) is 0 Å². The molecule has 0 saturated carbocycles. The van der Waals surface area contributed by atoms with Crippen LogP contribution in [-0.4, -0.2) is 20.7 Å². The molecular weight excluding hydrogens is 1490 g/mol. The minimum absolute atomic E-state index is 1.26. The second-order valence-corrected chi connectivity index (χ2v) is 42.4. The summed E-state index contributed by atoms with van der Waals surface area (Å²) in [5.41, 5.74) is 0. The molecule has 2 N–H and O–H groups in total. The van der Waals surface area contributed by atoms with Crippen molar-refractivity contribution < 1.29 is 92.4 Å². The van der Waals surface area contributed by atoms with Gasteiger partial charge >= 0.3 is 149 Å². The first-order valence-corrected chi connectivity index (χ1v) is 47.8. The Balaban J connectivity index is 0.000000597. The average Bonchev–Trinajstić information content (AvgIpc) is 3.40. The van der Waals surface area contributed by atoms with Crippen molar-refractivity contribution >= 4 is 103 Å². The van der Waals surface area contributed by atoms with Crippen molar-refractivity contribution in [2.45, 2.75) is 129 Å². The maximum atomic E-state index is 9.16. The molecule has 12 nitrogen and oxygen atoms in total. The Hall–Kier alpha value is -1.58. The second kappa shape index (κ2) is 43.1. The number of halogens is 4. The summed E-state index contributed by atoms with van der Waals surface area (Å²) in [5, 5.41) is 9.09. The predicted octanol–water partition coefficient (Wildman–Crippen LogP) is 14.0. The van der Waals surface area contributed by atoms with E-state index >= 15 is 0 Å². The Kier molecular flexibility index (Phi) is 41.2. The molecule has 0 unspecified atom stereocenters. The zero-order chi connectivity index (χ0) is 59.8. The molecule has 0 aliphatic carbocycles. The number of unbranched alkanes of at least 4 members (excludes halogenated alkanes) is 16. The SMILES string of the molecule is CCCCCCCCCCC[P+](c1ccccc1)(c1ccccc1)c1ccccc1.CCCCCCCCCCC[P+](c1ccccc1)(c1ccccc1)c1ccccc1.[O]=[Mn](=[O])([O-])[Br].[O]=[Mn](=[O])([O-])[Br].[O]=[Mn](=[O])([OH])[Br].[O]=[Mn](=[O])([OH])[Br]. The van der Waals surface area contributed by atoms with E-state index < -0.39 is 59.4 Å². The summed E-state index contributed by atoms with van der Waals surface area (Å²) in [5.74, 6) is 0. The van der Waals surface area contributed by atoms with Crippen molar-refractivity contribution in [3.8, 4) is 0 Å². The third-order valence-electron chi connectivity index (χ3n) is 12.4. The van der Waals surface area contributed by atoms with Gasteiger partial charge in [-0.25, -0.2) is 0 Å². The fraction of sp³-hybridized carbons (Fsp3) is 0.379. The van der Waals surface area contributed by atoms with E-state index in [9.17, 15) is 0 Å². The third kappa shape index (κ3) is 38.4. The van der Waals surface area contributed by atoms with Gasteiger partial charge in [0, 0.05) is 0 Å². The molecule has 0 spiro atoms. The fourth-order valence-corrected chi connectivity index (χ4v) is 17.9. The molecule has 80 heavy (non-hydrogen) atoms. The van der Waals surface area contributed by atoms with Crippen LogP contribution in [-0.2, 0) is 75.6 Å². The molecule has 6 rings (SSSR count). The Morgan fingerprint density at radius 3 is 0.562 bits per heavy atom. The summed E-state index contributed by atoms with van der Waals surface area (Å²) in [4.78, 5) is 0. The van der Waals surface area contributed by atoms with Crippen molar-refractivity contribution in [3.05, 3.63) is 182 Å². The topological polar surface area (TPSA) is 223 Å².